The number of pyridine rings is 1. The summed E-state index contributed by atoms with van der Waals surface area (Å²) in [5.74, 6) is -0.0377. The zero-order valence-electron chi connectivity index (χ0n) is 19.9. The van der Waals surface area contributed by atoms with Gasteiger partial charge in [-0.05, 0) is 43.4 Å². The smallest absolute Gasteiger partial charge is 0.344 e. The number of rotatable bonds is 7. The number of carboxylic acids is 1. The van der Waals surface area contributed by atoms with Crippen molar-refractivity contribution in [2.24, 2.45) is 0 Å². The number of fused-ring (bicyclic) bond motifs is 2. The van der Waals surface area contributed by atoms with Crippen molar-refractivity contribution in [1.29, 1.82) is 0 Å². The van der Waals surface area contributed by atoms with Gasteiger partial charge in [-0.2, -0.15) is 0 Å². The first-order valence-corrected chi connectivity index (χ1v) is 11.9. The van der Waals surface area contributed by atoms with Crippen molar-refractivity contribution in [2.45, 2.75) is 65.3 Å². The van der Waals surface area contributed by atoms with Gasteiger partial charge in [0.2, 0.25) is 0 Å². The van der Waals surface area contributed by atoms with Crippen LogP contribution in [0.4, 0.5) is 5.69 Å². The van der Waals surface area contributed by atoms with Crippen molar-refractivity contribution in [1.82, 2.24) is 0 Å². The maximum absolute atomic E-state index is 13.0. The normalized spacial score (nSPS) is 15.8. The molecule has 3 aromatic rings. The zero-order valence-corrected chi connectivity index (χ0v) is 19.9. The van der Waals surface area contributed by atoms with Gasteiger partial charge in [0, 0.05) is 60.3 Å². The summed E-state index contributed by atoms with van der Waals surface area (Å²) in [6.45, 7) is 11.1. The molecule has 4 rings (SSSR count). The molecule has 0 bridgehead atoms. The van der Waals surface area contributed by atoms with E-state index in [9.17, 15) is 9.59 Å². The third kappa shape index (κ3) is 4.65. The second-order valence-electron chi connectivity index (χ2n) is 9.35. The molecule has 1 aliphatic heterocycles. The zero-order chi connectivity index (χ0) is 23.7. The predicted octanol–water partition coefficient (Wildman–Crippen LogP) is 5.07. The van der Waals surface area contributed by atoms with Gasteiger partial charge in [0.25, 0.3) is 0 Å². The lowest BCUT2D eigenvalue weighted by Gasteiger charge is -2.34. The quantitative estimate of drug-likeness (QED) is 0.403. The van der Waals surface area contributed by atoms with Crippen LogP contribution < -0.4 is 15.1 Å². The summed E-state index contributed by atoms with van der Waals surface area (Å²) in [7, 11) is 0. The minimum atomic E-state index is -0.774. The van der Waals surface area contributed by atoms with E-state index in [1.807, 2.05) is 24.4 Å². The fourth-order valence-electron chi connectivity index (χ4n) is 4.82. The second-order valence-corrected chi connectivity index (χ2v) is 9.35. The number of hydrogen-bond acceptors (Lipinski definition) is 4. The first-order valence-electron chi connectivity index (χ1n) is 11.9. The van der Waals surface area contributed by atoms with Crippen LogP contribution in [-0.4, -0.2) is 24.2 Å². The predicted molar refractivity (Wildman–Crippen MR) is 130 cm³/mol. The molecular weight excluding hydrogens is 416 g/mol. The maximum Gasteiger partial charge on any atom is 0.344 e. The fourth-order valence-corrected chi connectivity index (χ4v) is 4.82. The Kier molecular flexibility index (Phi) is 6.54. The van der Waals surface area contributed by atoms with Gasteiger partial charge in [-0.3, -0.25) is 4.79 Å². The maximum atomic E-state index is 13.0. The van der Waals surface area contributed by atoms with E-state index >= 15 is 0 Å². The third-order valence-corrected chi connectivity index (χ3v) is 6.72. The molecule has 1 atom stereocenters. The van der Waals surface area contributed by atoms with Crippen molar-refractivity contribution >= 4 is 22.6 Å². The van der Waals surface area contributed by atoms with Crippen LogP contribution in [0.5, 0.6) is 0 Å². The van der Waals surface area contributed by atoms with Gasteiger partial charge in [0.15, 0.2) is 11.9 Å². The highest BCUT2D eigenvalue weighted by molar-refractivity contribution is 5.86. The Balaban J connectivity index is 1.77. The summed E-state index contributed by atoms with van der Waals surface area (Å²) in [6, 6.07) is 10.1. The van der Waals surface area contributed by atoms with Crippen LogP contribution in [0, 0.1) is 0 Å². The second kappa shape index (κ2) is 9.38. The van der Waals surface area contributed by atoms with Crippen LogP contribution in [0.25, 0.3) is 22.1 Å². The van der Waals surface area contributed by atoms with Gasteiger partial charge >= 0.3 is 11.6 Å². The highest BCUT2D eigenvalue weighted by atomic mass is 16.4. The number of nitrogens with zero attached hydrogens (tertiary/aromatic N) is 2. The summed E-state index contributed by atoms with van der Waals surface area (Å²) in [5, 5.41) is 9.90. The van der Waals surface area contributed by atoms with Crippen LogP contribution in [0.1, 0.15) is 70.1 Å². The average molecular weight is 450 g/mol. The summed E-state index contributed by atoms with van der Waals surface area (Å²) in [6.07, 6.45) is 3.80. The van der Waals surface area contributed by atoms with E-state index in [2.05, 4.69) is 49.3 Å². The molecule has 33 heavy (non-hydrogen) atoms. The lowest BCUT2D eigenvalue weighted by molar-refractivity contribution is -0.701. The molecule has 0 spiro atoms. The van der Waals surface area contributed by atoms with Crippen LogP contribution >= 0.6 is 0 Å². The fraction of sp³-hybridized carbons (Fsp3) is 0.444. The Morgan fingerprint density at radius 3 is 2.76 bits per heavy atom. The van der Waals surface area contributed by atoms with Gasteiger partial charge in [0.05, 0.1) is 5.56 Å². The Morgan fingerprint density at radius 2 is 2.06 bits per heavy atom. The Labute approximate surface area is 194 Å². The third-order valence-electron chi connectivity index (χ3n) is 6.72. The van der Waals surface area contributed by atoms with Crippen molar-refractivity contribution in [3.05, 3.63) is 58.2 Å². The molecular formula is C27H33N2O4+. The highest BCUT2D eigenvalue weighted by Gasteiger charge is 2.24. The molecule has 0 radical (unpaired) electrons. The molecule has 1 aliphatic rings. The molecule has 1 unspecified atom stereocenters. The number of aromatic nitrogens is 1. The SMILES string of the molecule is CC[n+]1ccc(-c2cc3cc4c(cc3oc2=O)N(CCCC(=O)O)CCC4C)cc1C(C)C. The molecule has 2 aromatic heterocycles. The number of aryl methyl sites for hydroxylation is 1. The first-order chi connectivity index (χ1) is 15.8. The number of anilines is 1. The minimum absolute atomic E-state index is 0.154. The van der Waals surface area contributed by atoms with E-state index in [0.29, 0.717) is 35.9 Å². The van der Waals surface area contributed by atoms with Crippen molar-refractivity contribution in [2.75, 3.05) is 18.0 Å². The molecule has 0 aliphatic carbocycles. The highest BCUT2D eigenvalue weighted by Crippen LogP contribution is 2.38. The topological polar surface area (TPSA) is 74.6 Å². The van der Waals surface area contributed by atoms with Gasteiger partial charge in [-0.1, -0.05) is 20.8 Å². The Bertz CT molecular complexity index is 1240. The number of benzene rings is 1. The molecule has 6 heteroatoms. The molecule has 1 aromatic carbocycles. The molecule has 0 fully saturated rings. The summed E-state index contributed by atoms with van der Waals surface area (Å²) >= 11 is 0. The largest absolute Gasteiger partial charge is 0.481 e. The van der Waals surface area contributed by atoms with Gasteiger partial charge < -0.3 is 14.4 Å². The van der Waals surface area contributed by atoms with Gasteiger partial charge in [-0.15, -0.1) is 0 Å². The first kappa shape index (κ1) is 23.0. The average Bonchev–Trinajstić information content (AvgIpc) is 2.78. The standard InChI is InChI=1S/C27H32N2O4/c1-5-28-12-9-19(15-23(28)17(2)3)22-14-20-13-21-18(4)8-11-29(10-6-7-26(30)31)24(21)16-25(20)33-27(22)32/h9,12-18H,5-8,10-11H2,1-4H3/p+1. The Hall–Kier alpha value is -3.15. The van der Waals surface area contributed by atoms with Gasteiger partial charge in [-0.25, -0.2) is 9.36 Å². The van der Waals surface area contributed by atoms with E-state index in [-0.39, 0.29) is 12.0 Å². The van der Waals surface area contributed by atoms with E-state index in [0.717, 1.165) is 36.1 Å². The van der Waals surface area contributed by atoms with E-state index in [1.165, 1.54) is 11.3 Å². The molecule has 174 valence electrons. The lowest BCUT2D eigenvalue weighted by Crippen LogP contribution is -2.37. The van der Waals surface area contributed by atoms with Crippen LogP contribution in [0.2, 0.25) is 0 Å². The molecule has 0 saturated heterocycles. The monoisotopic (exact) mass is 449 g/mol. The van der Waals surface area contributed by atoms with Gasteiger partial charge in [0.1, 0.15) is 12.1 Å². The number of carbonyl (C=O) groups is 1. The van der Waals surface area contributed by atoms with Crippen LogP contribution in [0.15, 0.2) is 45.7 Å². The van der Waals surface area contributed by atoms with Crippen molar-refractivity contribution in [3.63, 3.8) is 0 Å². The number of hydrogen-bond donors (Lipinski definition) is 1. The van der Waals surface area contributed by atoms with Crippen LogP contribution in [0.3, 0.4) is 0 Å². The Morgan fingerprint density at radius 1 is 1.27 bits per heavy atom. The molecule has 0 amide bonds. The van der Waals surface area contributed by atoms with Crippen molar-refractivity contribution < 1.29 is 18.9 Å². The van der Waals surface area contributed by atoms with E-state index in [4.69, 9.17) is 9.52 Å². The molecule has 3 heterocycles. The van der Waals surface area contributed by atoms with E-state index < -0.39 is 5.97 Å². The lowest BCUT2D eigenvalue weighted by atomic mass is 9.90. The summed E-state index contributed by atoms with van der Waals surface area (Å²) < 4.78 is 8.02. The van der Waals surface area contributed by atoms with E-state index in [1.54, 1.807) is 0 Å². The summed E-state index contributed by atoms with van der Waals surface area (Å²) in [4.78, 5) is 26.1. The van der Waals surface area contributed by atoms with Crippen LogP contribution in [-0.2, 0) is 11.3 Å². The summed E-state index contributed by atoms with van der Waals surface area (Å²) in [5.41, 5.74) is 5.15. The van der Waals surface area contributed by atoms with Crippen molar-refractivity contribution in [3.8, 4) is 11.1 Å². The number of aliphatic carboxylic acids is 1. The molecule has 1 N–H and O–H groups in total. The molecule has 6 nitrogen and oxygen atoms in total. The molecule has 0 saturated carbocycles. The number of carboxylic acid groups (broad SMARTS) is 1. The minimum Gasteiger partial charge on any atom is -0.481 e.